The Balaban J connectivity index is 2.03. The van der Waals surface area contributed by atoms with Crippen molar-refractivity contribution in [1.29, 1.82) is 0 Å². The Morgan fingerprint density at radius 2 is 1.88 bits per heavy atom. The second-order valence-corrected chi connectivity index (χ2v) is 10.3. The predicted octanol–water partition coefficient (Wildman–Crippen LogP) is 6.10. The van der Waals surface area contributed by atoms with Crippen LogP contribution in [0.3, 0.4) is 0 Å². The van der Waals surface area contributed by atoms with Crippen LogP contribution >= 0.6 is 0 Å². The molecular weight excluding hydrogens is 408 g/mol. The zero-order chi connectivity index (χ0) is 24.2. The molecule has 0 N–H and O–H groups in total. The highest BCUT2D eigenvalue weighted by molar-refractivity contribution is 5.96. The molecule has 2 aromatic carbocycles. The molecule has 0 saturated carbocycles. The summed E-state index contributed by atoms with van der Waals surface area (Å²) in [5.74, 6) is 0.0724. The Labute approximate surface area is 199 Å². The summed E-state index contributed by atoms with van der Waals surface area (Å²) in [6.07, 6.45) is 4.93. The van der Waals surface area contributed by atoms with E-state index >= 15 is 0 Å². The van der Waals surface area contributed by atoms with Gasteiger partial charge < -0.3 is 9.80 Å². The zero-order valence-corrected chi connectivity index (χ0v) is 20.9. The maximum atomic E-state index is 13.5. The number of rotatable bonds is 7. The van der Waals surface area contributed by atoms with Crippen LogP contribution in [0.15, 0.2) is 55.2 Å². The number of hydrogen-bond donors (Lipinski definition) is 0. The van der Waals surface area contributed by atoms with Crippen molar-refractivity contribution < 1.29 is 9.59 Å². The van der Waals surface area contributed by atoms with Gasteiger partial charge in [0.1, 0.15) is 0 Å². The molecule has 4 nitrogen and oxygen atoms in total. The molecule has 176 valence electrons. The molecule has 0 aliphatic carbocycles. The maximum absolute atomic E-state index is 13.5. The summed E-state index contributed by atoms with van der Waals surface area (Å²) < 4.78 is 0. The first kappa shape index (κ1) is 24.8. The minimum atomic E-state index is -0.183. The number of nitrogens with zero attached hydrogens (tertiary/aromatic N) is 2. The van der Waals surface area contributed by atoms with Gasteiger partial charge in [0.25, 0.3) is 5.91 Å². The van der Waals surface area contributed by atoms with Gasteiger partial charge in [-0.25, -0.2) is 0 Å². The fourth-order valence-corrected chi connectivity index (χ4v) is 4.79. The van der Waals surface area contributed by atoms with Crippen LogP contribution in [0.5, 0.6) is 0 Å². The van der Waals surface area contributed by atoms with E-state index in [1.165, 1.54) is 16.7 Å². The highest BCUT2D eigenvalue weighted by Gasteiger charge is 2.35. The summed E-state index contributed by atoms with van der Waals surface area (Å²) in [6, 6.07) is 13.9. The fraction of sp³-hybridized carbons (Fsp3) is 0.448. The van der Waals surface area contributed by atoms with E-state index in [1.807, 2.05) is 36.1 Å². The molecule has 33 heavy (non-hydrogen) atoms. The first-order valence-corrected chi connectivity index (χ1v) is 12.1. The molecule has 0 radical (unpaired) electrons. The summed E-state index contributed by atoms with van der Waals surface area (Å²) in [6.45, 7) is 15.4. The van der Waals surface area contributed by atoms with Crippen molar-refractivity contribution in [2.75, 3.05) is 13.1 Å². The highest BCUT2D eigenvalue weighted by Crippen LogP contribution is 2.36. The van der Waals surface area contributed by atoms with E-state index in [-0.39, 0.29) is 23.3 Å². The number of aryl methyl sites for hydroxylation is 2. The van der Waals surface area contributed by atoms with Gasteiger partial charge in [0.05, 0.1) is 12.6 Å². The van der Waals surface area contributed by atoms with Gasteiger partial charge in [-0.15, -0.1) is 0 Å². The van der Waals surface area contributed by atoms with Gasteiger partial charge in [-0.2, -0.15) is 0 Å². The van der Waals surface area contributed by atoms with Crippen LogP contribution in [0.1, 0.15) is 79.2 Å². The van der Waals surface area contributed by atoms with Crippen LogP contribution in [-0.2, 0) is 17.6 Å². The summed E-state index contributed by atoms with van der Waals surface area (Å²) >= 11 is 0. The first-order chi connectivity index (χ1) is 15.7. The van der Waals surface area contributed by atoms with Crippen molar-refractivity contribution in [1.82, 2.24) is 9.80 Å². The van der Waals surface area contributed by atoms with Crippen LogP contribution in [0.4, 0.5) is 0 Å². The van der Waals surface area contributed by atoms with Crippen molar-refractivity contribution in [2.45, 2.75) is 66.3 Å². The van der Waals surface area contributed by atoms with Gasteiger partial charge in [0, 0.05) is 18.5 Å². The van der Waals surface area contributed by atoms with E-state index in [1.54, 1.807) is 11.1 Å². The summed E-state index contributed by atoms with van der Waals surface area (Å²) in [7, 11) is 0. The molecule has 1 aliphatic rings. The van der Waals surface area contributed by atoms with Crippen LogP contribution < -0.4 is 0 Å². The molecule has 0 saturated heterocycles. The second kappa shape index (κ2) is 10.4. The molecule has 4 heteroatoms. The number of carbonyl (C=O) groups is 2. The number of amides is 2. The smallest absolute Gasteiger partial charge is 0.258 e. The van der Waals surface area contributed by atoms with E-state index in [4.69, 9.17) is 0 Å². The predicted molar refractivity (Wildman–Crippen MR) is 135 cm³/mol. The largest absolute Gasteiger partial charge is 0.333 e. The van der Waals surface area contributed by atoms with Crippen molar-refractivity contribution >= 4 is 11.8 Å². The number of benzene rings is 2. The van der Waals surface area contributed by atoms with E-state index in [0.717, 1.165) is 24.8 Å². The lowest BCUT2D eigenvalue weighted by molar-refractivity contribution is -0.136. The minimum Gasteiger partial charge on any atom is -0.333 e. The Morgan fingerprint density at radius 3 is 2.52 bits per heavy atom. The molecule has 1 unspecified atom stereocenters. The van der Waals surface area contributed by atoms with E-state index in [9.17, 15) is 9.59 Å². The molecule has 0 bridgehead atoms. The standard InChI is InChI=1S/C29H38N2O2/c1-7-12-22-14-11-15-23-17-18-31(26(32)19-29(4,5)6)25(27(22)23)20-30(8-2)28(33)24-16-10-9-13-21(24)3/h8-11,13-16,25H,2,7,12,17-20H2,1,3-6H3. The lowest BCUT2D eigenvalue weighted by Crippen LogP contribution is -2.46. The van der Waals surface area contributed by atoms with Crippen LogP contribution in [0.2, 0.25) is 0 Å². The van der Waals surface area contributed by atoms with Gasteiger partial charge in [-0.3, -0.25) is 9.59 Å². The number of carbonyl (C=O) groups excluding carboxylic acids is 2. The molecule has 2 amide bonds. The van der Waals surface area contributed by atoms with Crippen LogP contribution in [0.25, 0.3) is 0 Å². The Morgan fingerprint density at radius 1 is 1.15 bits per heavy atom. The third-order valence-corrected chi connectivity index (χ3v) is 6.37. The molecule has 0 fully saturated rings. The van der Waals surface area contributed by atoms with Crippen molar-refractivity contribution in [3.8, 4) is 0 Å². The molecule has 0 aromatic heterocycles. The lowest BCUT2D eigenvalue weighted by Gasteiger charge is -2.41. The van der Waals surface area contributed by atoms with Crippen molar-refractivity contribution in [3.63, 3.8) is 0 Å². The topological polar surface area (TPSA) is 40.6 Å². The molecule has 1 heterocycles. The van der Waals surface area contributed by atoms with E-state index in [0.29, 0.717) is 25.1 Å². The second-order valence-electron chi connectivity index (χ2n) is 10.3. The molecule has 2 aromatic rings. The van der Waals surface area contributed by atoms with Gasteiger partial charge in [-0.05, 0) is 59.7 Å². The molecule has 3 rings (SSSR count). The lowest BCUT2D eigenvalue weighted by atomic mass is 9.85. The van der Waals surface area contributed by atoms with Gasteiger partial charge in [0.15, 0.2) is 0 Å². The van der Waals surface area contributed by atoms with Crippen molar-refractivity contribution in [3.05, 3.63) is 83.1 Å². The summed E-state index contributed by atoms with van der Waals surface area (Å²) in [5.41, 5.74) is 5.30. The molecule has 1 aliphatic heterocycles. The normalized spacial score (nSPS) is 15.7. The maximum Gasteiger partial charge on any atom is 0.258 e. The Kier molecular flexibility index (Phi) is 7.78. The Hall–Kier alpha value is -2.88. The summed E-state index contributed by atoms with van der Waals surface area (Å²) in [5, 5.41) is 0. The molecular formula is C29H38N2O2. The van der Waals surface area contributed by atoms with Gasteiger partial charge in [-0.1, -0.05) is 77.1 Å². The quantitative estimate of drug-likeness (QED) is 0.516. The minimum absolute atomic E-state index is 0.0774. The zero-order valence-electron chi connectivity index (χ0n) is 20.9. The van der Waals surface area contributed by atoms with Crippen LogP contribution in [0, 0.1) is 12.3 Å². The highest BCUT2D eigenvalue weighted by atomic mass is 16.2. The van der Waals surface area contributed by atoms with Crippen LogP contribution in [-0.4, -0.2) is 34.7 Å². The average Bonchev–Trinajstić information content (AvgIpc) is 2.76. The monoisotopic (exact) mass is 446 g/mol. The Bertz CT molecular complexity index is 1020. The summed E-state index contributed by atoms with van der Waals surface area (Å²) in [4.78, 5) is 30.6. The van der Waals surface area contributed by atoms with Gasteiger partial charge in [0.2, 0.25) is 5.91 Å². The third kappa shape index (κ3) is 5.73. The molecule has 0 spiro atoms. The van der Waals surface area contributed by atoms with Crippen molar-refractivity contribution in [2.24, 2.45) is 5.41 Å². The SMILES string of the molecule is C=CN(CC1c2c(CCC)cccc2CCN1C(=O)CC(C)(C)C)C(=O)c1ccccc1C. The third-order valence-electron chi connectivity index (χ3n) is 6.37. The van der Waals surface area contributed by atoms with Gasteiger partial charge >= 0.3 is 0 Å². The van der Waals surface area contributed by atoms with E-state index < -0.39 is 0 Å². The number of hydrogen-bond acceptors (Lipinski definition) is 2. The van der Waals surface area contributed by atoms with E-state index in [2.05, 4.69) is 52.5 Å². The first-order valence-electron chi connectivity index (χ1n) is 12.1. The average molecular weight is 447 g/mol. The fourth-order valence-electron chi connectivity index (χ4n) is 4.79. The molecule has 1 atom stereocenters. The number of fused-ring (bicyclic) bond motifs is 1.